The van der Waals surface area contributed by atoms with Gasteiger partial charge in [-0.15, -0.1) is 0 Å². The van der Waals surface area contributed by atoms with Gasteiger partial charge in [0.15, 0.2) is 0 Å². The van der Waals surface area contributed by atoms with Crippen LogP contribution in [-0.2, 0) is 0 Å². The summed E-state index contributed by atoms with van der Waals surface area (Å²) in [5.74, 6) is 0.377. The Morgan fingerprint density at radius 2 is 2.24 bits per heavy atom. The van der Waals surface area contributed by atoms with Crippen molar-refractivity contribution in [2.24, 2.45) is 0 Å². The maximum absolute atomic E-state index is 11.9. The standard InChI is InChI=1S/C10H7BrClN3OS/c1-5-13-10(17-15-5)14-9(16)6-2-7(11)4-8(12)3-6/h2-4H,1H3,(H,13,14,15,16). The van der Waals surface area contributed by atoms with Crippen molar-refractivity contribution in [2.45, 2.75) is 6.92 Å². The fourth-order valence-electron chi connectivity index (χ4n) is 1.20. The minimum atomic E-state index is -0.260. The van der Waals surface area contributed by atoms with Gasteiger partial charge in [-0.2, -0.15) is 4.37 Å². The maximum atomic E-state index is 11.9. The number of nitrogens with one attached hydrogen (secondary N) is 1. The average Bonchev–Trinajstić information content (AvgIpc) is 2.62. The number of nitrogens with zero attached hydrogens (tertiary/aromatic N) is 2. The highest BCUT2D eigenvalue weighted by Crippen LogP contribution is 2.20. The molecule has 1 aromatic heterocycles. The summed E-state index contributed by atoms with van der Waals surface area (Å²) in [4.78, 5) is 15.9. The van der Waals surface area contributed by atoms with Crippen molar-refractivity contribution in [1.82, 2.24) is 9.36 Å². The Bertz CT molecular complexity index is 552. The second-order valence-electron chi connectivity index (χ2n) is 3.26. The van der Waals surface area contributed by atoms with Crippen LogP contribution in [0, 0.1) is 6.92 Å². The molecule has 2 aromatic rings. The van der Waals surface area contributed by atoms with Gasteiger partial charge in [-0.1, -0.05) is 27.5 Å². The Kier molecular flexibility index (Phi) is 3.76. The van der Waals surface area contributed by atoms with E-state index in [9.17, 15) is 4.79 Å². The van der Waals surface area contributed by atoms with Crippen LogP contribution in [0.15, 0.2) is 22.7 Å². The van der Waals surface area contributed by atoms with Crippen LogP contribution in [0.2, 0.25) is 5.02 Å². The Morgan fingerprint density at radius 3 is 2.82 bits per heavy atom. The molecule has 0 aliphatic carbocycles. The first kappa shape index (κ1) is 12.5. The van der Waals surface area contributed by atoms with Gasteiger partial charge in [-0.05, 0) is 25.1 Å². The third kappa shape index (κ3) is 3.24. The lowest BCUT2D eigenvalue weighted by Crippen LogP contribution is -2.11. The first-order chi connectivity index (χ1) is 8.04. The second-order valence-corrected chi connectivity index (χ2v) is 5.36. The maximum Gasteiger partial charge on any atom is 0.257 e. The quantitative estimate of drug-likeness (QED) is 0.915. The minimum absolute atomic E-state index is 0.260. The summed E-state index contributed by atoms with van der Waals surface area (Å²) in [5.41, 5.74) is 0.470. The second kappa shape index (κ2) is 5.12. The lowest BCUT2D eigenvalue weighted by molar-refractivity contribution is 0.102. The average molecular weight is 333 g/mol. The number of rotatable bonds is 2. The summed E-state index contributed by atoms with van der Waals surface area (Å²) in [5, 5.41) is 3.63. The van der Waals surface area contributed by atoms with Gasteiger partial charge in [0.1, 0.15) is 5.82 Å². The van der Waals surface area contributed by atoms with E-state index in [4.69, 9.17) is 11.6 Å². The number of halogens is 2. The van der Waals surface area contributed by atoms with Gasteiger partial charge < -0.3 is 0 Å². The summed E-state index contributed by atoms with van der Waals surface area (Å²) in [6, 6.07) is 5.00. The molecular formula is C10H7BrClN3OS. The third-order valence-corrected chi connectivity index (χ3v) is 3.27. The number of aryl methyl sites for hydroxylation is 1. The molecule has 0 unspecified atom stereocenters. The lowest BCUT2D eigenvalue weighted by atomic mass is 10.2. The van der Waals surface area contributed by atoms with E-state index in [0.29, 0.717) is 21.5 Å². The van der Waals surface area contributed by atoms with Crippen LogP contribution in [0.5, 0.6) is 0 Å². The number of carbonyl (C=O) groups is 1. The smallest absolute Gasteiger partial charge is 0.257 e. The van der Waals surface area contributed by atoms with Crippen LogP contribution in [0.3, 0.4) is 0 Å². The molecule has 1 heterocycles. The molecule has 0 aliphatic rings. The van der Waals surface area contributed by atoms with Crippen LogP contribution < -0.4 is 5.32 Å². The van der Waals surface area contributed by atoms with Gasteiger partial charge in [0.2, 0.25) is 5.13 Å². The van der Waals surface area contributed by atoms with Crippen LogP contribution in [-0.4, -0.2) is 15.3 Å². The molecule has 0 atom stereocenters. The Hall–Kier alpha value is -0.980. The van der Waals surface area contributed by atoms with E-state index >= 15 is 0 Å². The largest absolute Gasteiger partial charge is 0.297 e. The number of hydrogen-bond acceptors (Lipinski definition) is 4. The van der Waals surface area contributed by atoms with E-state index < -0.39 is 0 Å². The SMILES string of the molecule is Cc1nsc(NC(=O)c2cc(Cl)cc(Br)c2)n1. The van der Waals surface area contributed by atoms with Gasteiger partial charge in [-0.25, -0.2) is 4.98 Å². The van der Waals surface area contributed by atoms with Crippen molar-refractivity contribution >= 4 is 50.1 Å². The summed E-state index contributed by atoms with van der Waals surface area (Å²) < 4.78 is 4.73. The minimum Gasteiger partial charge on any atom is -0.297 e. The van der Waals surface area contributed by atoms with Gasteiger partial charge in [0.25, 0.3) is 5.91 Å². The number of amides is 1. The number of carbonyl (C=O) groups excluding carboxylic acids is 1. The van der Waals surface area contributed by atoms with E-state index in [-0.39, 0.29) is 5.91 Å². The van der Waals surface area contributed by atoms with E-state index in [1.165, 1.54) is 0 Å². The number of hydrogen-bond donors (Lipinski definition) is 1. The van der Waals surface area contributed by atoms with Crippen molar-refractivity contribution < 1.29 is 4.79 Å². The van der Waals surface area contributed by atoms with Crippen molar-refractivity contribution in [1.29, 1.82) is 0 Å². The normalized spacial score (nSPS) is 10.3. The van der Waals surface area contributed by atoms with Crippen LogP contribution >= 0.6 is 39.1 Å². The summed E-state index contributed by atoms with van der Waals surface area (Å²) >= 11 is 10.3. The molecule has 0 radical (unpaired) electrons. The summed E-state index contributed by atoms with van der Waals surface area (Å²) in [7, 11) is 0. The van der Waals surface area contributed by atoms with Crippen LogP contribution in [0.25, 0.3) is 0 Å². The van der Waals surface area contributed by atoms with E-state index in [2.05, 4.69) is 30.6 Å². The first-order valence-electron chi connectivity index (χ1n) is 4.62. The highest BCUT2D eigenvalue weighted by Gasteiger charge is 2.10. The number of benzene rings is 1. The van der Waals surface area contributed by atoms with Crippen molar-refractivity contribution in [2.75, 3.05) is 5.32 Å². The zero-order valence-corrected chi connectivity index (χ0v) is 11.9. The molecule has 2 rings (SSSR count). The predicted molar refractivity (Wildman–Crippen MR) is 71.8 cm³/mol. The molecule has 0 aliphatic heterocycles. The number of aromatic nitrogens is 2. The lowest BCUT2D eigenvalue weighted by Gasteiger charge is -2.02. The topological polar surface area (TPSA) is 54.9 Å². The third-order valence-electron chi connectivity index (χ3n) is 1.87. The molecule has 1 N–H and O–H groups in total. The van der Waals surface area contributed by atoms with Gasteiger partial charge in [-0.3, -0.25) is 10.1 Å². The fraction of sp³-hybridized carbons (Fsp3) is 0.100. The zero-order valence-electron chi connectivity index (χ0n) is 8.70. The summed E-state index contributed by atoms with van der Waals surface area (Å²) in [6.45, 7) is 1.77. The fourth-order valence-corrected chi connectivity index (χ4v) is 2.63. The van der Waals surface area contributed by atoms with Gasteiger partial charge >= 0.3 is 0 Å². The van der Waals surface area contributed by atoms with E-state index in [1.54, 1.807) is 25.1 Å². The van der Waals surface area contributed by atoms with Crippen molar-refractivity contribution in [3.63, 3.8) is 0 Å². The summed E-state index contributed by atoms with van der Waals surface area (Å²) in [6.07, 6.45) is 0. The van der Waals surface area contributed by atoms with Crippen molar-refractivity contribution in [3.05, 3.63) is 39.1 Å². The van der Waals surface area contributed by atoms with Gasteiger partial charge in [0.05, 0.1) is 0 Å². The zero-order chi connectivity index (χ0) is 12.4. The Morgan fingerprint density at radius 1 is 1.47 bits per heavy atom. The predicted octanol–water partition coefficient (Wildman–Crippen LogP) is 3.51. The van der Waals surface area contributed by atoms with E-state index in [0.717, 1.165) is 16.0 Å². The molecular weight excluding hydrogens is 326 g/mol. The molecule has 7 heteroatoms. The molecule has 4 nitrogen and oxygen atoms in total. The van der Waals surface area contributed by atoms with Gasteiger partial charge in [0, 0.05) is 26.6 Å². The molecule has 1 amide bonds. The monoisotopic (exact) mass is 331 g/mol. The Labute approximate surface area is 115 Å². The molecule has 0 spiro atoms. The molecule has 1 aromatic carbocycles. The van der Waals surface area contributed by atoms with Crippen LogP contribution in [0.1, 0.15) is 16.2 Å². The molecule has 0 saturated carbocycles. The van der Waals surface area contributed by atoms with Crippen LogP contribution in [0.4, 0.5) is 5.13 Å². The molecule has 88 valence electrons. The number of anilines is 1. The first-order valence-corrected chi connectivity index (χ1v) is 6.57. The highest BCUT2D eigenvalue weighted by atomic mass is 79.9. The molecule has 0 fully saturated rings. The Balaban J connectivity index is 2.19. The molecule has 17 heavy (non-hydrogen) atoms. The van der Waals surface area contributed by atoms with Crippen molar-refractivity contribution in [3.8, 4) is 0 Å². The van der Waals surface area contributed by atoms with E-state index in [1.807, 2.05) is 0 Å². The highest BCUT2D eigenvalue weighted by molar-refractivity contribution is 9.10. The molecule has 0 bridgehead atoms. The molecule has 0 saturated heterocycles.